The molecule has 2 bridgehead atoms. The molecule has 0 heterocycles. The first-order chi connectivity index (χ1) is 8.09. The molecule has 0 saturated heterocycles. The van der Waals surface area contributed by atoms with Gasteiger partial charge in [0.25, 0.3) is 0 Å². The molecule has 1 aromatic rings. The maximum atomic E-state index is 12.3. The highest BCUT2D eigenvalue weighted by molar-refractivity contribution is 6.03. The second-order valence-corrected chi connectivity index (χ2v) is 5.96. The molecule has 0 N–H and O–H groups in total. The van der Waals surface area contributed by atoms with Crippen LogP contribution in [0.2, 0.25) is 0 Å². The minimum absolute atomic E-state index is 0.241. The third-order valence-electron chi connectivity index (χ3n) is 4.71. The van der Waals surface area contributed by atoms with Crippen molar-refractivity contribution in [1.82, 2.24) is 0 Å². The van der Waals surface area contributed by atoms with Gasteiger partial charge in [-0.2, -0.15) is 0 Å². The Morgan fingerprint density at radius 2 is 1.94 bits per heavy atom. The number of hydrogen-bond acceptors (Lipinski definition) is 1. The summed E-state index contributed by atoms with van der Waals surface area (Å²) >= 11 is 0. The lowest BCUT2D eigenvalue weighted by Gasteiger charge is -2.56. The predicted octanol–water partition coefficient (Wildman–Crippen LogP) is 3.71. The quantitative estimate of drug-likeness (QED) is 0.667. The van der Waals surface area contributed by atoms with Crippen molar-refractivity contribution in [1.29, 1.82) is 0 Å². The van der Waals surface area contributed by atoms with Crippen LogP contribution in [0.25, 0.3) is 6.08 Å². The van der Waals surface area contributed by atoms with E-state index in [-0.39, 0.29) is 11.3 Å². The number of allylic oxidation sites excluding steroid dienone is 1. The fourth-order valence-electron chi connectivity index (χ4n) is 3.28. The molecule has 3 aliphatic carbocycles. The van der Waals surface area contributed by atoms with Crippen LogP contribution in [-0.2, 0) is 4.79 Å². The van der Waals surface area contributed by atoms with Crippen molar-refractivity contribution < 1.29 is 4.79 Å². The Labute approximate surface area is 103 Å². The van der Waals surface area contributed by atoms with Crippen LogP contribution in [0.3, 0.4) is 0 Å². The molecule has 0 spiro atoms. The number of benzene rings is 1. The first-order valence-electron chi connectivity index (χ1n) is 6.39. The molecular weight excluding hydrogens is 208 g/mol. The van der Waals surface area contributed by atoms with Crippen molar-refractivity contribution in [3.63, 3.8) is 0 Å². The molecule has 3 aliphatic rings. The van der Waals surface area contributed by atoms with E-state index in [4.69, 9.17) is 0 Å². The standard InChI is InChI=1S/C16H18O/c1-16(2)13-9-12(15(17)14(16)10-13)8-11-6-4-3-5-7-11/h3-8,13-14H,9-10H2,1-2H3/t13-,14-/m1/s1. The molecule has 4 rings (SSSR count). The lowest BCUT2D eigenvalue weighted by Crippen LogP contribution is -2.53. The number of Topliss-reactive ketones (excluding diaryl/α,β-unsaturated/α-hetero) is 1. The molecule has 2 atom stereocenters. The zero-order valence-corrected chi connectivity index (χ0v) is 10.4. The predicted molar refractivity (Wildman–Crippen MR) is 69.4 cm³/mol. The fraction of sp³-hybridized carbons (Fsp3) is 0.438. The van der Waals surface area contributed by atoms with Gasteiger partial charge in [-0.3, -0.25) is 4.79 Å². The summed E-state index contributed by atoms with van der Waals surface area (Å²) in [6.45, 7) is 4.48. The number of carbonyl (C=O) groups is 1. The molecule has 3 saturated carbocycles. The van der Waals surface area contributed by atoms with Crippen LogP contribution in [0.15, 0.2) is 35.9 Å². The molecule has 0 unspecified atom stereocenters. The van der Waals surface area contributed by atoms with Gasteiger partial charge in [0.15, 0.2) is 5.78 Å². The zero-order chi connectivity index (χ0) is 12.0. The maximum absolute atomic E-state index is 12.3. The van der Waals surface area contributed by atoms with Gasteiger partial charge in [-0.15, -0.1) is 0 Å². The number of rotatable bonds is 1. The van der Waals surface area contributed by atoms with Crippen molar-refractivity contribution in [2.45, 2.75) is 26.7 Å². The summed E-state index contributed by atoms with van der Waals surface area (Å²) in [5, 5.41) is 0. The van der Waals surface area contributed by atoms with Gasteiger partial charge in [-0.25, -0.2) is 0 Å². The second kappa shape index (κ2) is 3.56. The Balaban J connectivity index is 1.89. The van der Waals surface area contributed by atoms with Crippen LogP contribution in [0, 0.1) is 17.3 Å². The third kappa shape index (κ3) is 1.56. The molecule has 0 aliphatic heterocycles. The van der Waals surface area contributed by atoms with Gasteiger partial charge < -0.3 is 0 Å². The van der Waals surface area contributed by atoms with Gasteiger partial charge in [0.05, 0.1) is 0 Å². The van der Waals surface area contributed by atoms with E-state index in [1.54, 1.807) is 0 Å². The van der Waals surface area contributed by atoms with Crippen LogP contribution in [-0.4, -0.2) is 5.78 Å². The van der Waals surface area contributed by atoms with Gasteiger partial charge in [-0.05, 0) is 41.4 Å². The SMILES string of the molecule is CC1(C)[C@@H]2CC(=Cc3ccccc3)C(=O)[C@H]1C2. The Morgan fingerprint density at radius 3 is 2.53 bits per heavy atom. The van der Waals surface area contributed by atoms with E-state index in [1.165, 1.54) is 0 Å². The van der Waals surface area contributed by atoms with Crippen molar-refractivity contribution in [2.24, 2.45) is 17.3 Å². The number of hydrogen-bond donors (Lipinski definition) is 0. The lowest BCUT2D eigenvalue weighted by atomic mass is 9.47. The molecule has 1 heteroatoms. The minimum atomic E-state index is 0.241. The number of carbonyl (C=O) groups excluding carboxylic acids is 1. The Morgan fingerprint density at radius 1 is 1.24 bits per heavy atom. The van der Waals surface area contributed by atoms with E-state index in [0.29, 0.717) is 11.7 Å². The molecule has 0 radical (unpaired) electrons. The summed E-state index contributed by atoms with van der Waals surface area (Å²) in [5.41, 5.74) is 2.43. The van der Waals surface area contributed by atoms with Crippen LogP contribution < -0.4 is 0 Å². The summed E-state index contributed by atoms with van der Waals surface area (Å²) in [4.78, 5) is 12.3. The molecule has 0 aromatic heterocycles. The minimum Gasteiger partial charge on any atom is -0.294 e. The Kier molecular flexibility index (Phi) is 2.25. The smallest absolute Gasteiger partial charge is 0.162 e. The van der Waals surface area contributed by atoms with E-state index >= 15 is 0 Å². The first-order valence-corrected chi connectivity index (χ1v) is 6.39. The van der Waals surface area contributed by atoms with Gasteiger partial charge >= 0.3 is 0 Å². The highest BCUT2D eigenvalue weighted by Gasteiger charge is 2.55. The lowest BCUT2D eigenvalue weighted by molar-refractivity contribution is -0.140. The monoisotopic (exact) mass is 226 g/mol. The number of fused-ring (bicyclic) bond motifs is 2. The van der Waals surface area contributed by atoms with Gasteiger partial charge in [0, 0.05) is 5.92 Å². The molecule has 88 valence electrons. The zero-order valence-electron chi connectivity index (χ0n) is 10.4. The summed E-state index contributed by atoms with van der Waals surface area (Å²) in [7, 11) is 0. The normalized spacial score (nSPS) is 32.4. The molecule has 17 heavy (non-hydrogen) atoms. The van der Waals surface area contributed by atoms with Crippen LogP contribution in [0.1, 0.15) is 32.3 Å². The van der Waals surface area contributed by atoms with Crippen LogP contribution >= 0.6 is 0 Å². The molecular formula is C16H18O. The van der Waals surface area contributed by atoms with Crippen LogP contribution in [0.5, 0.6) is 0 Å². The van der Waals surface area contributed by atoms with Crippen molar-refractivity contribution >= 4 is 11.9 Å². The first kappa shape index (κ1) is 10.8. The summed E-state index contributed by atoms with van der Waals surface area (Å²) < 4.78 is 0. The fourth-order valence-corrected chi connectivity index (χ4v) is 3.28. The topological polar surface area (TPSA) is 17.1 Å². The van der Waals surface area contributed by atoms with Crippen molar-refractivity contribution in [2.75, 3.05) is 0 Å². The summed E-state index contributed by atoms with van der Waals surface area (Å²) in [6, 6.07) is 10.2. The molecule has 0 amide bonds. The average molecular weight is 226 g/mol. The summed E-state index contributed by atoms with van der Waals surface area (Å²) in [6.07, 6.45) is 4.16. The van der Waals surface area contributed by atoms with Gasteiger partial charge in [-0.1, -0.05) is 44.2 Å². The Hall–Kier alpha value is -1.37. The van der Waals surface area contributed by atoms with Crippen molar-refractivity contribution in [3.05, 3.63) is 41.5 Å². The van der Waals surface area contributed by atoms with E-state index in [9.17, 15) is 4.79 Å². The maximum Gasteiger partial charge on any atom is 0.162 e. The molecule has 3 fully saturated rings. The van der Waals surface area contributed by atoms with E-state index in [1.807, 2.05) is 18.2 Å². The second-order valence-electron chi connectivity index (χ2n) is 5.96. The third-order valence-corrected chi connectivity index (χ3v) is 4.71. The number of ketones is 1. The van der Waals surface area contributed by atoms with Crippen LogP contribution in [0.4, 0.5) is 0 Å². The van der Waals surface area contributed by atoms with Crippen molar-refractivity contribution in [3.8, 4) is 0 Å². The van der Waals surface area contributed by atoms with Gasteiger partial charge in [0.2, 0.25) is 0 Å². The highest BCUT2D eigenvalue weighted by Crippen LogP contribution is 2.59. The van der Waals surface area contributed by atoms with E-state index in [0.717, 1.165) is 24.0 Å². The average Bonchev–Trinajstić information content (AvgIpc) is 2.32. The largest absolute Gasteiger partial charge is 0.294 e. The van der Waals surface area contributed by atoms with Gasteiger partial charge in [0.1, 0.15) is 0 Å². The summed E-state index contributed by atoms with van der Waals surface area (Å²) in [5.74, 6) is 1.37. The van der Waals surface area contributed by atoms with E-state index in [2.05, 4.69) is 32.1 Å². The van der Waals surface area contributed by atoms with E-state index < -0.39 is 0 Å². The molecule has 1 nitrogen and oxygen atoms in total. The Bertz CT molecular complexity index is 482. The molecule has 1 aromatic carbocycles. The highest BCUT2D eigenvalue weighted by atomic mass is 16.1.